The molecule has 0 spiro atoms. The highest BCUT2D eigenvalue weighted by Crippen LogP contribution is 2.37. The number of nitrogens with zero attached hydrogens (tertiary/aromatic N) is 4. The molecular formula is C23H19BrN4O3S. The number of carbonyl (C=O) groups is 1. The molecule has 1 amide bonds. The zero-order valence-corrected chi connectivity index (χ0v) is 19.9. The van der Waals surface area contributed by atoms with E-state index in [1.165, 1.54) is 15.9 Å². The highest BCUT2D eigenvalue weighted by atomic mass is 79.9. The second-order valence-corrected chi connectivity index (χ2v) is 9.33. The fourth-order valence-corrected chi connectivity index (χ4v) is 5.17. The molecule has 32 heavy (non-hydrogen) atoms. The van der Waals surface area contributed by atoms with Crippen molar-refractivity contribution in [2.75, 3.05) is 18.6 Å². The molecule has 0 saturated carbocycles. The average molecular weight is 511 g/mol. The first kappa shape index (κ1) is 20.8. The van der Waals surface area contributed by atoms with Crippen molar-refractivity contribution in [1.29, 1.82) is 0 Å². The lowest BCUT2D eigenvalue weighted by molar-refractivity contribution is -0.113. The van der Waals surface area contributed by atoms with E-state index in [9.17, 15) is 9.59 Å². The summed E-state index contributed by atoms with van der Waals surface area (Å²) in [6.45, 7) is 2.70. The maximum Gasteiger partial charge on any atom is 0.291 e. The number of carbonyl (C=O) groups excluding carboxylic acids is 1. The number of thiazole rings is 1. The van der Waals surface area contributed by atoms with Crippen LogP contribution >= 0.6 is 27.3 Å². The summed E-state index contributed by atoms with van der Waals surface area (Å²) in [5.41, 5.74) is 2.47. The van der Waals surface area contributed by atoms with Crippen LogP contribution in [-0.4, -0.2) is 34.2 Å². The lowest BCUT2D eigenvalue weighted by Crippen LogP contribution is -2.33. The molecular weight excluding hydrogens is 492 g/mol. The standard InChI is InChI=1S/C23H19BrN4O3S/c1-3-4-11-27-17-10-7-14(24)12-16(17)18(21(27)29)19-22(30)28-23(32-19)25-20(26-28)13-5-8-15(31-2)9-6-13/h5-10,12H,3-4,11H2,1-2H3/b19-18-. The zero-order chi connectivity index (χ0) is 22.4. The fourth-order valence-electron chi connectivity index (χ4n) is 3.81. The lowest BCUT2D eigenvalue weighted by Gasteiger charge is -2.16. The highest BCUT2D eigenvalue weighted by molar-refractivity contribution is 9.10. The third kappa shape index (κ3) is 3.32. The molecule has 7 nitrogen and oxygen atoms in total. The molecule has 2 aromatic heterocycles. The predicted octanol–water partition coefficient (Wildman–Crippen LogP) is 3.65. The van der Waals surface area contributed by atoms with Gasteiger partial charge in [-0.25, -0.2) is 0 Å². The Bertz CT molecular complexity index is 1460. The Hall–Kier alpha value is -3.04. The van der Waals surface area contributed by atoms with Crippen molar-refractivity contribution >= 4 is 49.4 Å². The van der Waals surface area contributed by atoms with E-state index in [0.717, 1.165) is 39.9 Å². The Morgan fingerprint density at radius 2 is 1.91 bits per heavy atom. The van der Waals surface area contributed by atoms with Gasteiger partial charge in [0.25, 0.3) is 11.5 Å². The van der Waals surface area contributed by atoms with Gasteiger partial charge in [0.2, 0.25) is 4.96 Å². The average Bonchev–Trinajstić information content (AvgIpc) is 3.43. The largest absolute Gasteiger partial charge is 0.497 e. The molecule has 0 saturated heterocycles. The van der Waals surface area contributed by atoms with Gasteiger partial charge < -0.3 is 9.64 Å². The number of halogens is 1. The van der Waals surface area contributed by atoms with E-state index in [-0.39, 0.29) is 11.5 Å². The van der Waals surface area contributed by atoms with Crippen LogP contribution < -0.4 is 19.7 Å². The molecule has 3 heterocycles. The minimum atomic E-state index is -0.330. The number of fused-ring (bicyclic) bond motifs is 2. The molecule has 0 N–H and O–H groups in total. The van der Waals surface area contributed by atoms with Gasteiger partial charge in [-0.3, -0.25) is 9.59 Å². The SMILES string of the molecule is CCCCN1C(=O)/C(=c2\sc3nc(-c4ccc(OC)cc4)nn3c2=O)c2cc(Br)ccc21. The maximum atomic E-state index is 13.4. The van der Waals surface area contributed by atoms with Crippen molar-refractivity contribution in [2.24, 2.45) is 0 Å². The third-order valence-electron chi connectivity index (χ3n) is 5.45. The molecule has 5 rings (SSSR count). The minimum Gasteiger partial charge on any atom is -0.497 e. The molecule has 0 bridgehead atoms. The topological polar surface area (TPSA) is 76.8 Å². The first-order chi connectivity index (χ1) is 15.5. The maximum absolute atomic E-state index is 13.4. The summed E-state index contributed by atoms with van der Waals surface area (Å²) in [5.74, 6) is 1.04. The molecule has 4 aromatic rings. The minimum absolute atomic E-state index is 0.150. The van der Waals surface area contributed by atoms with E-state index < -0.39 is 0 Å². The molecule has 0 fully saturated rings. The van der Waals surface area contributed by atoms with Crippen molar-refractivity contribution in [3.63, 3.8) is 0 Å². The van der Waals surface area contributed by atoms with Crippen LogP contribution in [0, 0.1) is 0 Å². The van der Waals surface area contributed by atoms with E-state index in [2.05, 4.69) is 32.9 Å². The van der Waals surface area contributed by atoms with Crippen molar-refractivity contribution in [1.82, 2.24) is 14.6 Å². The summed E-state index contributed by atoms with van der Waals surface area (Å²) in [5, 5.41) is 4.41. The zero-order valence-electron chi connectivity index (χ0n) is 17.5. The van der Waals surface area contributed by atoms with Crippen molar-refractivity contribution < 1.29 is 9.53 Å². The number of benzene rings is 2. The molecule has 0 atom stereocenters. The first-order valence-electron chi connectivity index (χ1n) is 10.2. The van der Waals surface area contributed by atoms with Crippen LogP contribution in [0.15, 0.2) is 51.7 Å². The Balaban J connectivity index is 1.66. The van der Waals surface area contributed by atoms with Crippen LogP contribution in [0.4, 0.5) is 5.69 Å². The van der Waals surface area contributed by atoms with Gasteiger partial charge in [0.15, 0.2) is 5.82 Å². The predicted molar refractivity (Wildman–Crippen MR) is 128 cm³/mol. The van der Waals surface area contributed by atoms with Crippen molar-refractivity contribution in [3.8, 4) is 17.1 Å². The van der Waals surface area contributed by atoms with E-state index in [1.807, 2.05) is 42.5 Å². The summed E-state index contributed by atoms with van der Waals surface area (Å²) in [7, 11) is 1.60. The van der Waals surface area contributed by atoms with Gasteiger partial charge in [0.05, 0.1) is 18.4 Å². The van der Waals surface area contributed by atoms with Gasteiger partial charge in [0.1, 0.15) is 10.3 Å². The number of ether oxygens (including phenoxy) is 1. The Morgan fingerprint density at radius 1 is 1.12 bits per heavy atom. The number of unbranched alkanes of at least 4 members (excludes halogenated alkanes) is 1. The molecule has 1 aliphatic heterocycles. The Morgan fingerprint density at radius 3 is 2.59 bits per heavy atom. The molecule has 0 aliphatic carbocycles. The number of aromatic nitrogens is 3. The number of hydrogen-bond donors (Lipinski definition) is 0. The Labute approximate surface area is 196 Å². The summed E-state index contributed by atoms with van der Waals surface area (Å²) in [6, 6.07) is 13.1. The number of methoxy groups -OCH3 is 1. The number of anilines is 1. The summed E-state index contributed by atoms with van der Waals surface area (Å²) in [4.78, 5) is 33.4. The smallest absolute Gasteiger partial charge is 0.291 e. The molecule has 0 unspecified atom stereocenters. The van der Waals surface area contributed by atoms with Crippen LogP contribution in [-0.2, 0) is 4.79 Å². The van der Waals surface area contributed by atoms with Crippen molar-refractivity contribution in [2.45, 2.75) is 19.8 Å². The van der Waals surface area contributed by atoms with Crippen molar-refractivity contribution in [3.05, 3.63) is 67.4 Å². The van der Waals surface area contributed by atoms with Gasteiger partial charge in [-0.15, -0.1) is 5.10 Å². The third-order valence-corrected chi connectivity index (χ3v) is 6.97. The van der Waals surface area contributed by atoms with E-state index in [1.54, 1.807) is 12.0 Å². The van der Waals surface area contributed by atoms with E-state index >= 15 is 0 Å². The highest BCUT2D eigenvalue weighted by Gasteiger charge is 2.34. The van der Waals surface area contributed by atoms with Crippen LogP contribution in [0.3, 0.4) is 0 Å². The van der Waals surface area contributed by atoms with Crippen LogP contribution in [0.1, 0.15) is 25.3 Å². The monoisotopic (exact) mass is 510 g/mol. The first-order valence-corrected chi connectivity index (χ1v) is 11.8. The lowest BCUT2D eigenvalue weighted by atomic mass is 10.1. The number of hydrogen-bond acceptors (Lipinski definition) is 6. The van der Waals surface area contributed by atoms with Gasteiger partial charge in [0, 0.05) is 22.1 Å². The summed E-state index contributed by atoms with van der Waals surface area (Å²) in [6.07, 6.45) is 1.86. The van der Waals surface area contributed by atoms with E-state index in [0.29, 0.717) is 27.4 Å². The summed E-state index contributed by atoms with van der Waals surface area (Å²) < 4.78 is 7.69. The second-order valence-electron chi connectivity index (χ2n) is 7.44. The molecule has 9 heteroatoms. The number of rotatable bonds is 5. The normalized spacial score (nSPS) is 15.0. The van der Waals surface area contributed by atoms with Crippen LogP contribution in [0.2, 0.25) is 0 Å². The van der Waals surface area contributed by atoms with Gasteiger partial charge in [-0.05, 0) is 48.9 Å². The number of amides is 1. The molecule has 0 radical (unpaired) electrons. The Kier molecular flexibility index (Phi) is 5.30. The van der Waals surface area contributed by atoms with Gasteiger partial charge in [-0.1, -0.05) is 40.6 Å². The fraction of sp³-hybridized carbons (Fsp3) is 0.217. The van der Waals surface area contributed by atoms with Crippen LogP contribution in [0.5, 0.6) is 5.75 Å². The molecule has 2 aromatic carbocycles. The quantitative estimate of drug-likeness (QED) is 0.409. The summed E-state index contributed by atoms with van der Waals surface area (Å²) >= 11 is 4.69. The van der Waals surface area contributed by atoms with Gasteiger partial charge in [-0.2, -0.15) is 9.50 Å². The van der Waals surface area contributed by atoms with Gasteiger partial charge >= 0.3 is 0 Å². The molecule has 162 valence electrons. The molecule has 1 aliphatic rings. The second kappa shape index (κ2) is 8.14. The van der Waals surface area contributed by atoms with Crippen LogP contribution in [0.25, 0.3) is 21.9 Å². The van der Waals surface area contributed by atoms with E-state index in [4.69, 9.17) is 4.74 Å².